The Hall–Kier alpha value is -3.09. The number of oxime groups is 1. The zero-order valence-corrected chi connectivity index (χ0v) is 14.0. The molecule has 0 spiro atoms. The van der Waals surface area contributed by atoms with Crippen LogP contribution < -0.4 is 9.47 Å². The predicted octanol–water partition coefficient (Wildman–Crippen LogP) is 3.35. The van der Waals surface area contributed by atoms with E-state index in [1.54, 1.807) is 31.2 Å². The van der Waals surface area contributed by atoms with E-state index in [-0.39, 0.29) is 19.0 Å². The molecule has 2 aliphatic heterocycles. The molecular formula is C19H16FNO5. The van der Waals surface area contributed by atoms with Crippen LogP contribution in [0.25, 0.3) is 0 Å². The standard InChI is InChI=1S/C19H16FNO5/c1-11(12-5-6-16-17(8-12)24-10-23-16)25-19(22)18-9-15(21-26-18)13-3-2-4-14(20)7-13/h2-8,11,18H,9-10H2,1H3/t11-,18-/m1/s1. The minimum Gasteiger partial charge on any atom is -0.455 e. The van der Waals surface area contributed by atoms with Crippen molar-refractivity contribution in [3.05, 3.63) is 59.4 Å². The molecule has 7 heteroatoms. The number of hydrogen-bond donors (Lipinski definition) is 0. The number of rotatable bonds is 4. The molecule has 0 fully saturated rings. The van der Waals surface area contributed by atoms with Crippen LogP contribution in [0.3, 0.4) is 0 Å². The van der Waals surface area contributed by atoms with Gasteiger partial charge in [-0.1, -0.05) is 23.4 Å². The average Bonchev–Trinajstić information content (AvgIpc) is 3.30. The molecule has 26 heavy (non-hydrogen) atoms. The Morgan fingerprint density at radius 2 is 2.08 bits per heavy atom. The number of esters is 1. The topological polar surface area (TPSA) is 66.4 Å². The van der Waals surface area contributed by atoms with Gasteiger partial charge in [-0.25, -0.2) is 9.18 Å². The monoisotopic (exact) mass is 357 g/mol. The molecule has 2 atom stereocenters. The number of ether oxygens (including phenoxy) is 3. The van der Waals surface area contributed by atoms with Gasteiger partial charge in [0.05, 0.1) is 5.71 Å². The van der Waals surface area contributed by atoms with E-state index >= 15 is 0 Å². The van der Waals surface area contributed by atoms with Gasteiger partial charge in [0.1, 0.15) is 11.9 Å². The van der Waals surface area contributed by atoms with Crippen molar-refractivity contribution in [2.75, 3.05) is 6.79 Å². The quantitative estimate of drug-likeness (QED) is 0.785. The molecule has 0 N–H and O–H groups in total. The van der Waals surface area contributed by atoms with Crippen molar-refractivity contribution in [3.8, 4) is 11.5 Å². The molecule has 134 valence electrons. The molecular weight excluding hydrogens is 341 g/mol. The summed E-state index contributed by atoms with van der Waals surface area (Å²) in [4.78, 5) is 17.5. The van der Waals surface area contributed by atoms with E-state index in [0.29, 0.717) is 22.8 Å². The summed E-state index contributed by atoms with van der Waals surface area (Å²) in [6.07, 6.45) is -1.10. The number of halogens is 1. The first-order chi connectivity index (χ1) is 12.6. The van der Waals surface area contributed by atoms with Crippen LogP contribution in [0.5, 0.6) is 11.5 Å². The van der Waals surface area contributed by atoms with Gasteiger partial charge in [0, 0.05) is 12.0 Å². The molecule has 0 aromatic heterocycles. The van der Waals surface area contributed by atoms with Gasteiger partial charge in [-0.3, -0.25) is 0 Å². The highest BCUT2D eigenvalue weighted by atomic mass is 19.1. The second-order valence-electron chi connectivity index (χ2n) is 6.04. The second kappa shape index (κ2) is 6.67. The lowest BCUT2D eigenvalue weighted by Gasteiger charge is -2.16. The summed E-state index contributed by atoms with van der Waals surface area (Å²) < 4.78 is 29.4. The van der Waals surface area contributed by atoms with Crippen molar-refractivity contribution in [1.82, 2.24) is 0 Å². The Kier molecular flexibility index (Phi) is 4.20. The van der Waals surface area contributed by atoms with Gasteiger partial charge >= 0.3 is 5.97 Å². The fourth-order valence-electron chi connectivity index (χ4n) is 2.83. The third kappa shape index (κ3) is 3.20. The third-order valence-electron chi connectivity index (χ3n) is 4.25. The number of carbonyl (C=O) groups is 1. The largest absolute Gasteiger partial charge is 0.455 e. The number of fused-ring (bicyclic) bond motifs is 1. The van der Waals surface area contributed by atoms with Crippen LogP contribution in [-0.4, -0.2) is 24.6 Å². The molecule has 0 radical (unpaired) electrons. The lowest BCUT2D eigenvalue weighted by Crippen LogP contribution is -2.24. The van der Waals surface area contributed by atoms with E-state index in [4.69, 9.17) is 19.0 Å². The predicted molar refractivity (Wildman–Crippen MR) is 89.5 cm³/mol. The van der Waals surface area contributed by atoms with E-state index in [9.17, 15) is 9.18 Å². The van der Waals surface area contributed by atoms with E-state index in [2.05, 4.69) is 5.16 Å². The molecule has 4 rings (SSSR count). The molecule has 0 saturated carbocycles. The van der Waals surface area contributed by atoms with Crippen molar-refractivity contribution in [2.24, 2.45) is 5.16 Å². The van der Waals surface area contributed by atoms with Crippen LogP contribution in [0, 0.1) is 5.82 Å². The maximum Gasteiger partial charge on any atom is 0.351 e. The van der Waals surface area contributed by atoms with Crippen molar-refractivity contribution < 1.29 is 28.2 Å². The Labute approximate surface area is 149 Å². The maximum absolute atomic E-state index is 13.3. The summed E-state index contributed by atoms with van der Waals surface area (Å²) in [5.74, 6) is 0.400. The van der Waals surface area contributed by atoms with Crippen LogP contribution in [-0.2, 0) is 14.4 Å². The van der Waals surface area contributed by atoms with Crippen LogP contribution in [0.1, 0.15) is 30.6 Å². The highest BCUT2D eigenvalue weighted by Gasteiger charge is 2.32. The summed E-state index contributed by atoms with van der Waals surface area (Å²) in [6.45, 7) is 1.95. The van der Waals surface area contributed by atoms with Crippen molar-refractivity contribution >= 4 is 11.7 Å². The highest BCUT2D eigenvalue weighted by Crippen LogP contribution is 2.35. The van der Waals surface area contributed by atoms with Gasteiger partial charge in [0.2, 0.25) is 12.9 Å². The lowest BCUT2D eigenvalue weighted by atomic mass is 10.0. The molecule has 2 aromatic rings. The Bertz CT molecular complexity index is 882. The normalized spacial score (nSPS) is 18.8. The summed E-state index contributed by atoms with van der Waals surface area (Å²) in [7, 11) is 0. The van der Waals surface area contributed by atoms with Gasteiger partial charge in [-0.15, -0.1) is 0 Å². The van der Waals surface area contributed by atoms with Gasteiger partial charge in [-0.2, -0.15) is 0 Å². The van der Waals surface area contributed by atoms with Crippen LogP contribution in [0.4, 0.5) is 4.39 Å². The zero-order valence-electron chi connectivity index (χ0n) is 14.0. The molecule has 0 bridgehead atoms. The van der Waals surface area contributed by atoms with Gasteiger partial charge < -0.3 is 19.0 Å². The highest BCUT2D eigenvalue weighted by molar-refractivity contribution is 6.03. The second-order valence-corrected chi connectivity index (χ2v) is 6.04. The maximum atomic E-state index is 13.3. The van der Waals surface area contributed by atoms with Gasteiger partial charge in [-0.05, 0) is 36.8 Å². The van der Waals surface area contributed by atoms with Crippen molar-refractivity contribution in [3.63, 3.8) is 0 Å². The number of nitrogens with zero attached hydrogens (tertiary/aromatic N) is 1. The summed E-state index contributed by atoms with van der Waals surface area (Å²) in [5, 5.41) is 3.89. The molecule has 0 amide bonds. The fourth-order valence-corrected chi connectivity index (χ4v) is 2.83. The lowest BCUT2D eigenvalue weighted by molar-refractivity contribution is -0.160. The summed E-state index contributed by atoms with van der Waals surface area (Å²) in [6, 6.07) is 11.4. The third-order valence-corrected chi connectivity index (χ3v) is 4.25. The summed E-state index contributed by atoms with van der Waals surface area (Å²) >= 11 is 0. The molecule has 2 heterocycles. The molecule has 6 nitrogen and oxygen atoms in total. The van der Waals surface area contributed by atoms with Crippen molar-refractivity contribution in [2.45, 2.75) is 25.6 Å². The van der Waals surface area contributed by atoms with Crippen molar-refractivity contribution in [1.29, 1.82) is 0 Å². The Morgan fingerprint density at radius 3 is 2.92 bits per heavy atom. The number of hydrogen-bond acceptors (Lipinski definition) is 6. The number of carbonyl (C=O) groups excluding carboxylic acids is 1. The molecule has 2 aliphatic rings. The molecule has 0 saturated heterocycles. The van der Waals surface area contributed by atoms with Gasteiger partial charge in [0.15, 0.2) is 11.5 Å². The SMILES string of the molecule is C[C@@H](OC(=O)[C@H]1CC(c2cccc(F)c2)=NO1)c1ccc2c(c1)OCO2. The van der Waals surface area contributed by atoms with E-state index < -0.39 is 18.2 Å². The zero-order chi connectivity index (χ0) is 18.1. The van der Waals surface area contributed by atoms with E-state index in [1.165, 1.54) is 12.1 Å². The average molecular weight is 357 g/mol. The van der Waals surface area contributed by atoms with Crippen LogP contribution in [0.15, 0.2) is 47.6 Å². The molecule has 0 aliphatic carbocycles. The summed E-state index contributed by atoms with van der Waals surface area (Å²) in [5.41, 5.74) is 1.89. The first-order valence-electron chi connectivity index (χ1n) is 8.19. The first kappa shape index (κ1) is 16.4. The molecule has 0 unspecified atom stereocenters. The van der Waals surface area contributed by atoms with E-state index in [0.717, 1.165) is 5.56 Å². The van der Waals surface area contributed by atoms with Gasteiger partial charge in [0.25, 0.3) is 0 Å². The first-order valence-corrected chi connectivity index (χ1v) is 8.19. The Balaban J connectivity index is 1.38. The molecule has 2 aromatic carbocycles. The number of benzene rings is 2. The minimum atomic E-state index is -0.843. The minimum absolute atomic E-state index is 0.184. The smallest absolute Gasteiger partial charge is 0.351 e. The van der Waals surface area contributed by atoms with Crippen LogP contribution >= 0.6 is 0 Å². The Morgan fingerprint density at radius 1 is 1.23 bits per heavy atom. The van der Waals surface area contributed by atoms with Crippen LogP contribution in [0.2, 0.25) is 0 Å². The van der Waals surface area contributed by atoms with E-state index in [1.807, 2.05) is 6.07 Å². The fraction of sp³-hybridized carbons (Fsp3) is 0.263.